The Kier molecular flexibility index (Phi) is 6.26. The molecule has 2 heterocycles. The summed E-state index contributed by atoms with van der Waals surface area (Å²) in [5.41, 5.74) is 0.687. The molecule has 2 saturated heterocycles. The first-order valence-electron chi connectivity index (χ1n) is 11.5. The van der Waals surface area contributed by atoms with Gasteiger partial charge in [-0.25, -0.2) is 4.39 Å². The molecule has 0 aliphatic carbocycles. The lowest BCUT2D eigenvalue weighted by Gasteiger charge is -2.23. The van der Waals surface area contributed by atoms with Crippen LogP contribution in [0.1, 0.15) is 29.6 Å². The Labute approximate surface area is 193 Å². The molecule has 0 bridgehead atoms. The Balaban J connectivity index is 1.16. The number of hydrogen-bond acceptors (Lipinski definition) is 4. The predicted molar refractivity (Wildman–Crippen MR) is 125 cm³/mol. The van der Waals surface area contributed by atoms with E-state index in [9.17, 15) is 9.18 Å². The lowest BCUT2D eigenvalue weighted by Crippen LogP contribution is -2.37. The average Bonchev–Trinajstić information content (AvgIpc) is 3.54. The summed E-state index contributed by atoms with van der Waals surface area (Å²) < 4.78 is 24.6. The maximum Gasteiger partial charge on any atom is 0.253 e. The van der Waals surface area contributed by atoms with Crippen molar-refractivity contribution in [3.05, 3.63) is 84.2 Å². The van der Waals surface area contributed by atoms with Crippen molar-refractivity contribution in [2.75, 3.05) is 26.2 Å². The van der Waals surface area contributed by atoms with Crippen LogP contribution >= 0.6 is 0 Å². The normalized spacial score (nSPS) is 18.5. The summed E-state index contributed by atoms with van der Waals surface area (Å²) in [5.74, 6) is 2.31. The van der Waals surface area contributed by atoms with Gasteiger partial charge in [0, 0.05) is 24.7 Å². The van der Waals surface area contributed by atoms with E-state index in [-0.39, 0.29) is 11.7 Å². The molecule has 0 radical (unpaired) electrons. The standard InChI is InChI=1S/C27H27FN2O3/c28-21-5-9-24(10-6-21)33-26-13-11-25(12-14-26)32-23-7-3-20(4-8-23)27(31)30-18-15-22(19-30)29-16-1-2-17-29/h3-14,22H,1-2,15-19H2. The van der Waals surface area contributed by atoms with Crippen LogP contribution in [0.5, 0.6) is 23.0 Å². The van der Waals surface area contributed by atoms with E-state index in [1.165, 1.54) is 25.0 Å². The van der Waals surface area contributed by atoms with Crippen molar-refractivity contribution >= 4 is 5.91 Å². The molecule has 33 heavy (non-hydrogen) atoms. The van der Waals surface area contributed by atoms with Crippen molar-refractivity contribution in [3.8, 4) is 23.0 Å². The third-order valence-corrected chi connectivity index (χ3v) is 6.32. The van der Waals surface area contributed by atoms with Gasteiger partial charge in [0.15, 0.2) is 0 Å². The van der Waals surface area contributed by atoms with E-state index in [0.717, 1.165) is 32.6 Å². The Morgan fingerprint density at radius 3 is 1.76 bits per heavy atom. The molecular formula is C27H27FN2O3. The SMILES string of the molecule is O=C(c1ccc(Oc2ccc(Oc3ccc(F)cc3)cc2)cc1)N1CCC(N2CCCC2)C1. The van der Waals surface area contributed by atoms with Gasteiger partial charge in [-0.2, -0.15) is 0 Å². The fraction of sp³-hybridized carbons (Fsp3) is 0.296. The second-order valence-electron chi connectivity index (χ2n) is 8.59. The van der Waals surface area contributed by atoms with E-state index < -0.39 is 0 Å². The Hall–Kier alpha value is -3.38. The van der Waals surface area contributed by atoms with E-state index in [1.54, 1.807) is 36.4 Å². The van der Waals surface area contributed by atoms with Crippen LogP contribution < -0.4 is 9.47 Å². The van der Waals surface area contributed by atoms with Gasteiger partial charge in [-0.3, -0.25) is 9.69 Å². The smallest absolute Gasteiger partial charge is 0.253 e. The van der Waals surface area contributed by atoms with Crippen LogP contribution in [-0.2, 0) is 0 Å². The van der Waals surface area contributed by atoms with Crippen molar-refractivity contribution in [2.24, 2.45) is 0 Å². The summed E-state index contributed by atoms with van der Waals surface area (Å²) in [6, 6.07) is 20.9. The first-order chi connectivity index (χ1) is 16.1. The van der Waals surface area contributed by atoms with Crippen LogP contribution in [0.25, 0.3) is 0 Å². The maximum atomic E-state index is 13.0. The highest BCUT2D eigenvalue weighted by atomic mass is 19.1. The molecule has 0 saturated carbocycles. The summed E-state index contributed by atoms with van der Waals surface area (Å²) in [5, 5.41) is 0. The number of benzene rings is 3. The number of likely N-dealkylation sites (tertiary alicyclic amines) is 2. The highest BCUT2D eigenvalue weighted by molar-refractivity contribution is 5.94. The van der Waals surface area contributed by atoms with Crippen LogP contribution in [-0.4, -0.2) is 47.9 Å². The molecule has 6 heteroatoms. The monoisotopic (exact) mass is 446 g/mol. The van der Waals surface area contributed by atoms with Gasteiger partial charge in [-0.1, -0.05) is 0 Å². The molecule has 3 aromatic carbocycles. The van der Waals surface area contributed by atoms with Gasteiger partial charge >= 0.3 is 0 Å². The minimum absolute atomic E-state index is 0.0885. The molecule has 1 unspecified atom stereocenters. The molecule has 2 aliphatic heterocycles. The molecule has 5 nitrogen and oxygen atoms in total. The van der Waals surface area contributed by atoms with E-state index >= 15 is 0 Å². The minimum atomic E-state index is -0.300. The highest BCUT2D eigenvalue weighted by Crippen LogP contribution is 2.28. The highest BCUT2D eigenvalue weighted by Gasteiger charge is 2.31. The van der Waals surface area contributed by atoms with Crippen LogP contribution in [0.15, 0.2) is 72.8 Å². The molecule has 3 aromatic rings. The summed E-state index contributed by atoms with van der Waals surface area (Å²) in [4.78, 5) is 17.4. The number of hydrogen-bond donors (Lipinski definition) is 0. The predicted octanol–water partition coefficient (Wildman–Crippen LogP) is 5.72. The molecule has 2 fully saturated rings. The molecule has 0 N–H and O–H groups in total. The third kappa shape index (κ3) is 5.17. The number of halogens is 1. The van der Waals surface area contributed by atoms with E-state index in [2.05, 4.69) is 4.90 Å². The molecule has 0 spiro atoms. The van der Waals surface area contributed by atoms with Crippen molar-refractivity contribution in [1.29, 1.82) is 0 Å². The van der Waals surface area contributed by atoms with Crippen LogP contribution in [0.2, 0.25) is 0 Å². The van der Waals surface area contributed by atoms with E-state index in [1.807, 2.05) is 29.2 Å². The second-order valence-corrected chi connectivity index (χ2v) is 8.59. The molecule has 0 aromatic heterocycles. The van der Waals surface area contributed by atoms with Gasteiger partial charge in [-0.15, -0.1) is 0 Å². The topological polar surface area (TPSA) is 42.0 Å². The Bertz CT molecular complexity index is 1080. The molecule has 5 rings (SSSR count). The number of carbonyl (C=O) groups is 1. The molecule has 1 atom stereocenters. The van der Waals surface area contributed by atoms with Gasteiger partial charge in [0.1, 0.15) is 28.8 Å². The number of amides is 1. The zero-order chi connectivity index (χ0) is 22.6. The number of rotatable bonds is 6. The fourth-order valence-electron chi connectivity index (χ4n) is 4.53. The van der Waals surface area contributed by atoms with Gasteiger partial charge in [0.2, 0.25) is 0 Å². The van der Waals surface area contributed by atoms with Gasteiger partial charge < -0.3 is 14.4 Å². The van der Waals surface area contributed by atoms with Crippen molar-refractivity contribution in [1.82, 2.24) is 9.80 Å². The third-order valence-electron chi connectivity index (χ3n) is 6.32. The minimum Gasteiger partial charge on any atom is -0.457 e. The summed E-state index contributed by atoms with van der Waals surface area (Å²) in [6.45, 7) is 3.98. The van der Waals surface area contributed by atoms with Gasteiger partial charge in [0.25, 0.3) is 5.91 Å². The summed E-state index contributed by atoms with van der Waals surface area (Å²) >= 11 is 0. The van der Waals surface area contributed by atoms with Crippen molar-refractivity contribution in [2.45, 2.75) is 25.3 Å². The van der Waals surface area contributed by atoms with E-state index in [4.69, 9.17) is 9.47 Å². The second kappa shape index (κ2) is 9.63. The van der Waals surface area contributed by atoms with Gasteiger partial charge in [-0.05, 0) is 105 Å². The van der Waals surface area contributed by atoms with Crippen LogP contribution in [0, 0.1) is 5.82 Å². The lowest BCUT2D eigenvalue weighted by atomic mass is 10.2. The maximum absolute atomic E-state index is 13.0. The Morgan fingerprint density at radius 2 is 1.21 bits per heavy atom. The van der Waals surface area contributed by atoms with Crippen LogP contribution in [0.4, 0.5) is 4.39 Å². The molecule has 170 valence electrons. The molecule has 1 amide bonds. The van der Waals surface area contributed by atoms with E-state index in [0.29, 0.717) is 34.6 Å². The number of ether oxygens (including phenoxy) is 2. The number of nitrogens with zero attached hydrogens (tertiary/aromatic N) is 2. The summed E-state index contributed by atoms with van der Waals surface area (Å²) in [6.07, 6.45) is 3.61. The van der Waals surface area contributed by atoms with Crippen molar-refractivity contribution < 1.29 is 18.7 Å². The first-order valence-corrected chi connectivity index (χ1v) is 11.5. The zero-order valence-electron chi connectivity index (χ0n) is 18.5. The Morgan fingerprint density at radius 1 is 0.727 bits per heavy atom. The molecular weight excluding hydrogens is 419 g/mol. The largest absolute Gasteiger partial charge is 0.457 e. The van der Waals surface area contributed by atoms with Crippen LogP contribution in [0.3, 0.4) is 0 Å². The average molecular weight is 447 g/mol. The fourth-order valence-corrected chi connectivity index (χ4v) is 4.53. The molecule has 2 aliphatic rings. The summed E-state index contributed by atoms with van der Waals surface area (Å²) in [7, 11) is 0. The first kappa shape index (κ1) is 21.5. The number of carbonyl (C=O) groups excluding carboxylic acids is 1. The van der Waals surface area contributed by atoms with Crippen molar-refractivity contribution in [3.63, 3.8) is 0 Å². The quantitative estimate of drug-likeness (QED) is 0.486. The zero-order valence-corrected chi connectivity index (χ0v) is 18.5. The van der Waals surface area contributed by atoms with Gasteiger partial charge in [0.05, 0.1) is 0 Å². The lowest BCUT2D eigenvalue weighted by molar-refractivity contribution is 0.0780.